The molecular weight excluding hydrogens is 426 g/mol. The van der Waals surface area contributed by atoms with Crippen LogP contribution < -0.4 is 15.4 Å². The Morgan fingerprint density at radius 2 is 1.74 bits per heavy atom. The van der Waals surface area contributed by atoms with E-state index < -0.39 is 0 Å². The predicted octanol–water partition coefficient (Wildman–Crippen LogP) is 5.03. The van der Waals surface area contributed by atoms with Crippen LogP contribution in [-0.4, -0.2) is 52.9 Å². The van der Waals surface area contributed by atoms with Crippen LogP contribution in [0, 0.1) is 6.92 Å². The largest absolute Gasteiger partial charge is 0.400 e. The molecule has 7 nitrogen and oxygen atoms in total. The molecule has 1 saturated heterocycles. The van der Waals surface area contributed by atoms with Gasteiger partial charge in [-0.05, 0) is 56.4 Å². The molecule has 5 rings (SSSR count). The fraction of sp³-hybridized carbons (Fsp3) is 0.556. The molecule has 0 spiro atoms. The van der Waals surface area contributed by atoms with E-state index in [0.717, 1.165) is 37.2 Å². The van der Waals surface area contributed by atoms with E-state index >= 15 is 0 Å². The van der Waals surface area contributed by atoms with Gasteiger partial charge in [-0.15, -0.1) is 0 Å². The third kappa shape index (κ3) is 5.14. The van der Waals surface area contributed by atoms with Crippen molar-refractivity contribution in [2.45, 2.75) is 71.8 Å². The van der Waals surface area contributed by atoms with E-state index in [2.05, 4.69) is 62.7 Å². The van der Waals surface area contributed by atoms with E-state index in [1.165, 1.54) is 62.5 Å². The molecule has 0 bridgehead atoms. The minimum atomic E-state index is -0.0639. The van der Waals surface area contributed by atoms with Crippen molar-refractivity contribution in [3.8, 4) is 5.69 Å². The smallest absolute Gasteiger partial charge is 0.262 e. The average Bonchev–Trinajstić information content (AvgIpc) is 3.55. The van der Waals surface area contributed by atoms with Gasteiger partial charge in [0.05, 0.1) is 12.0 Å². The summed E-state index contributed by atoms with van der Waals surface area (Å²) in [5, 5.41) is 7.69. The van der Waals surface area contributed by atoms with Crippen LogP contribution in [-0.2, 0) is 0 Å². The van der Waals surface area contributed by atoms with E-state index in [9.17, 15) is 4.79 Å². The number of rotatable bonds is 4. The standard InChI is InChI=1S/C24H31N5O.C2H6.CH4O/c1-17-14-19(10-11-20(17)27(2)18-8-4-3-5-9-18)29-15-21(28-12-6-7-13-28)22-23(29)25-16-26-24(22)30;2*1-2/h10-11,14-16,18H,3-9,12-13H2,1-2H3,(H,25,26,30);1-2H3;2H,1H3. The zero-order valence-electron chi connectivity index (χ0n) is 21.5. The first-order chi connectivity index (χ1) is 16.6. The van der Waals surface area contributed by atoms with Crippen molar-refractivity contribution in [3.05, 3.63) is 46.6 Å². The lowest BCUT2D eigenvalue weighted by molar-refractivity contribution is 0.399. The number of nitrogens with zero attached hydrogens (tertiary/aromatic N) is 4. The summed E-state index contributed by atoms with van der Waals surface area (Å²) in [4.78, 5) is 24.7. The summed E-state index contributed by atoms with van der Waals surface area (Å²) in [6, 6.07) is 7.26. The summed E-state index contributed by atoms with van der Waals surface area (Å²) in [7, 11) is 3.23. The number of fused-ring (bicyclic) bond motifs is 1. The Morgan fingerprint density at radius 3 is 2.38 bits per heavy atom. The van der Waals surface area contributed by atoms with Gasteiger partial charge in [0.15, 0.2) is 5.65 Å². The lowest BCUT2D eigenvalue weighted by Crippen LogP contribution is -2.33. The van der Waals surface area contributed by atoms with Crippen molar-refractivity contribution in [1.29, 1.82) is 0 Å². The number of anilines is 2. The number of hydrogen-bond acceptors (Lipinski definition) is 5. The lowest BCUT2D eigenvalue weighted by atomic mass is 9.94. The molecule has 2 aromatic heterocycles. The van der Waals surface area contributed by atoms with Crippen LogP contribution in [0.4, 0.5) is 11.4 Å². The molecule has 3 aromatic rings. The summed E-state index contributed by atoms with van der Waals surface area (Å²) in [5.74, 6) is 0. The molecule has 1 aliphatic heterocycles. The molecule has 2 aliphatic rings. The zero-order chi connectivity index (χ0) is 24.7. The van der Waals surface area contributed by atoms with Gasteiger partial charge < -0.3 is 19.9 Å². The quantitative estimate of drug-likeness (QED) is 0.563. The highest BCUT2D eigenvalue weighted by atomic mass is 16.2. The van der Waals surface area contributed by atoms with Crippen molar-refractivity contribution in [1.82, 2.24) is 14.5 Å². The number of aliphatic hydroxyl groups is 1. The van der Waals surface area contributed by atoms with Gasteiger partial charge in [-0.2, -0.15) is 0 Å². The molecule has 0 unspecified atom stereocenters. The number of hydrogen-bond donors (Lipinski definition) is 2. The topological polar surface area (TPSA) is 77.4 Å². The first-order valence-electron chi connectivity index (χ1n) is 12.8. The first-order valence-corrected chi connectivity index (χ1v) is 12.8. The van der Waals surface area contributed by atoms with Crippen molar-refractivity contribution < 1.29 is 5.11 Å². The molecule has 0 atom stereocenters. The first kappa shape index (κ1) is 25.8. The monoisotopic (exact) mass is 467 g/mol. The van der Waals surface area contributed by atoms with Gasteiger partial charge in [0.25, 0.3) is 5.56 Å². The Hall–Kier alpha value is -2.80. The highest BCUT2D eigenvalue weighted by molar-refractivity contribution is 5.91. The molecule has 0 amide bonds. The summed E-state index contributed by atoms with van der Waals surface area (Å²) in [6.45, 7) is 8.18. The van der Waals surface area contributed by atoms with Gasteiger partial charge >= 0.3 is 0 Å². The molecule has 2 N–H and O–H groups in total. The van der Waals surface area contributed by atoms with E-state index in [4.69, 9.17) is 5.11 Å². The van der Waals surface area contributed by atoms with Crippen LogP contribution in [0.3, 0.4) is 0 Å². The van der Waals surface area contributed by atoms with Crippen LogP contribution in [0.1, 0.15) is 64.4 Å². The number of aliphatic hydroxyl groups excluding tert-OH is 1. The SMILES string of the molecule is CC.CO.Cc1cc(-n2cc(N3CCCC3)c3c(=O)[nH]cnc32)ccc1N(C)C1CCCCC1. The van der Waals surface area contributed by atoms with Crippen LogP contribution in [0.2, 0.25) is 0 Å². The van der Waals surface area contributed by atoms with Crippen molar-refractivity contribution in [2.75, 3.05) is 37.0 Å². The molecule has 34 heavy (non-hydrogen) atoms. The van der Waals surface area contributed by atoms with Gasteiger partial charge in [0.1, 0.15) is 5.39 Å². The zero-order valence-corrected chi connectivity index (χ0v) is 21.5. The Kier molecular flexibility index (Phi) is 9.16. The Bertz CT molecular complexity index is 1110. The predicted molar refractivity (Wildman–Crippen MR) is 143 cm³/mol. The molecular formula is C27H41N5O2. The molecule has 1 saturated carbocycles. The summed E-state index contributed by atoms with van der Waals surface area (Å²) in [5.41, 5.74) is 5.28. The minimum Gasteiger partial charge on any atom is -0.400 e. The molecule has 2 fully saturated rings. The minimum absolute atomic E-state index is 0.0639. The van der Waals surface area contributed by atoms with Gasteiger partial charge in [-0.25, -0.2) is 4.98 Å². The van der Waals surface area contributed by atoms with Crippen LogP contribution in [0.25, 0.3) is 16.7 Å². The van der Waals surface area contributed by atoms with Gasteiger partial charge in [-0.1, -0.05) is 33.1 Å². The van der Waals surface area contributed by atoms with Crippen LogP contribution >= 0.6 is 0 Å². The summed E-state index contributed by atoms with van der Waals surface area (Å²) < 4.78 is 2.08. The molecule has 1 aromatic carbocycles. The van der Waals surface area contributed by atoms with Gasteiger partial charge in [0.2, 0.25) is 0 Å². The Morgan fingerprint density at radius 1 is 1.06 bits per heavy atom. The molecule has 7 heteroatoms. The number of H-pyrrole nitrogens is 1. The van der Waals surface area contributed by atoms with Gasteiger partial charge in [0, 0.05) is 50.9 Å². The summed E-state index contributed by atoms with van der Waals surface area (Å²) in [6.07, 6.45) is 12.6. The molecule has 186 valence electrons. The highest BCUT2D eigenvalue weighted by Gasteiger charge is 2.23. The van der Waals surface area contributed by atoms with Crippen molar-refractivity contribution in [3.63, 3.8) is 0 Å². The molecule has 3 heterocycles. The lowest BCUT2D eigenvalue weighted by Gasteiger charge is -2.34. The van der Waals surface area contributed by atoms with Crippen molar-refractivity contribution in [2.24, 2.45) is 0 Å². The third-order valence-corrected chi connectivity index (χ3v) is 6.98. The second-order valence-corrected chi connectivity index (χ2v) is 8.88. The van der Waals surface area contributed by atoms with E-state index in [0.29, 0.717) is 11.4 Å². The molecule has 1 aliphatic carbocycles. The fourth-order valence-corrected chi connectivity index (χ4v) is 5.30. The number of nitrogens with one attached hydrogen (secondary N) is 1. The maximum absolute atomic E-state index is 12.6. The average molecular weight is 468 g/mol. The van der Waals surface area contributed by atoms with Crippen molar-refractivity contribution >= 4 is 22.4 Å². The normalized spacial score (nSPS) is 16.0. The Balaban J connectivity index is 0.000000771. The maximum atomic E-state index is 12.6. The van der Waals surface area contributed by atoms with Crippen LogP contribution in [0.5, 0.6) is 0 Å². The second kappa shape index (κ2) is 12.1. The highest BCUT2D eigenvalue weighted by Crippen LogP contribution is 2.33. The number of aryl methyl sites for hydroxylation is 1. The van der Waals surface area contributed by atoms with Crippen LogP contribution in [0.15, 0.2) is 35.5 Å². The number of aromatic amines is 1. The number of benzene rings is 1. The van der Waals surface area contributed by atoms with Gasteiger partial charge in [-0.3, -0.25) is 9.36 Å². The maximum Gasteiger partial charge on any atom is 0.262 e. The fourth-order valence-electron chi connectivity index (χ4n) is 5.30. The number of aromatic nitrogens is 3. The molecule has 0 radical (unpaired) electrons. The van der Waals surface area contributed by atoms with E-state index in [1.807, 2.05) is 13.8 Å². The van der Waals surface area contributed by atoms with E-state index in [1.54, 1.807) is 0 Å². The third-order valence-electron chi connectivity index (χ3n) is 6.98. The second-order valence-electron chi connectivity index (χ2n) is 8.88. The van der Waals surface area contributed by atoms with E-state index in [-0.39, 0.29) is 5.56 Å². The summed E-state index contributed by atoms with van der Waals surface area (Å²) >= 11 is 0. The Labute approximate surface area is 203 Å².